The summed E-state index contributed by atoms with van der Waals surface area (Å²) in [5, 5.41) is 0. The molecular formula is C9H19IN-. The summed E-state index contributed by atoms with van der Waals surface area (Å²) in [6.07, 6.45) is 3.01. The average Bonchev–Trinajstić information content (AvgIpc) is 2.82. The van der Waals surface area contributed by atoms with Crippen LogP contribution in [0.15, 0.2) is 0 Å². The first-order valence-electron chi connectivity index (χ1n) is 4.58. The van der Waals surface area contributed by atoms with E-state index in [9.17, 15) is 0 Å². The Morgan fingerprint density at radius 3 is 2.27 bits per heavy atom. The van der Waals surface area contributed by atoms with Gasteiger partial charge in [-0.1, -0.05) is 13.8 Å². The molecule has 0 radical (unpaired) electrons. The van der Waals surface area contributed by atoms with Crippen molar-refractivity contribution in [3.63, 3.8) is 0 Å². The maximum absolute atomic E-state index is 2.59. The second-order valence-corrected chi connectivity index (χ2v) is 6.08. The molecule has 1 saturated carbocycles. The van der Waals surface area contributed by atoms with Crippen LogP contribution in [0.3, 0.4) is 0 Å². The first kappa shape index (κ1) is 9.78. The minimum atomic E-state index is 0.619. The number of rotatable bonds is 0. The summed E-state index contributed by atoms with van der Waals surface area (Å²) in [5.74, 6) is 0. The van der Waals surface area contributed by atoms with E-state index in [-0.39, 0.29) is 0 Å². The van der Waals surface area contributed by atoms with Crippen molar-refractivity contribution >= 4 is 0 Å². The van der Waals surface area contributed by atoms with Gasteiger partial charge in [-0.05, 0) is 0 Å². The van der Waals surface area contributed by atoms with Crippen LogP contribution < -0.4 is 21.2 Å². The molecule has 1 aliphatic heterocycles. The van der Waals surface area contributed by atoms with Crippen molar-refractivity contribution in [3.05, 3.63) is 0 Å². The molecule has 2 heteroatoms. The van der Waals surface area contributed by atoms with Crippen molar-refractivity contribution in [2.75, 3.05) is 22.4 Å². The maximum atomic E-state index is 2.59. The van der Waals surface area contributed by atoms with E-state index < -0.39 is 0 Å². The fraction of sp³-hybridized carbons (Fsp3) is 1.00. The van der Waals surface area contributed by atoms with Gasteiger partial charge in [-0.15, -0.1) is 0 Å². The Kier molecular flexibility index (Phi) is 3.62. The molecule has 0 aromatic rings. The van der Waals surface area contributed by atoms with Crippen molar-refractivity contribution in [2.24, 2.45) is 0 Å². The Morgan fingerprint density at radius 1 is 1.27 bits per heavy atom. The van der Waals surface area contributed by atoms with Gasteiger partial charge in [0.15, 0.2) is 0 Å². The van der Waals surface area contributed by atoms with Crippen LogP contribution in [0.1, 0.15) is 26.7 Å². The SMILES string of the molecule is CC.CN1CC[I-]CC12CC2. The van der Waals surface area contributed by atoms with Crippen molar-refractivity contribution in [1.82, 2.24) is 4.90 Å². The van der Waals surface area contributed by atoms with Gasteiger partial charge in [-0.25, -0.2) is 0 Å². The van der Waals surface area contributed by atoms with Crippen LogP contribution in [0.25, 0.3) is 0 Å². The van der Waals surface area contributed by atoms with E-state index >= 15 is 0 Å². The van der Waals surface area contributed by atoms with Gasteiger partial charge in [0.25, 0.3) is 0 Å². The molecule has 1 aliphatic carbocycles. The van der Waals surface area contributed by atoms with Crippen molar-refractivity contribution in [1.29, 1.82) is 0 Å². The van der Waals surface area contributed by atoms with E-state index in [1.165, 1.54) is 23.8 Å². The van der Waals surface area contributed by atoms with E-state index in [4.69, 9.17) is 0 Å². The Balaban J connectivity index is 0.000000281. The van der Waals surface area contributed by atoms with E-state index in [0.717, 1.165) is 5.54 Å². The molecule has 68 valence electrons. The third-order valence-corrected chi connectivity index (χ3v) is 5.74. The van der Waals surface area contributed by atoms with Gasteiger partial charge < -0.3 is 0 Å². The molecular weight excluding hydrogens is 249 g/mol. The Morgan fingerprint density at radius 2 is 1.91 bits per heavy atom. The number of hydrogen-bond acceptors (Lipinski definition) is 1. The number of halogens is 1. The Labute approximate surface area is 80.8 Å². The first-order valence-corrected chi connectivity index (χ1v) is 7.63. The monoisotopic (exact) mass is 268 g/mol. The van der Waals surface area contributed by atoms with Gasteiger partial charge in [-0.3, -0.25) is 0 Å². The van der Waals surface area contributed by atoms with Gasteiger partial charge >= 0.3 is 66.9 Å². The summed E-state index contributed by atoms with van der Waals surface area (Å²) in [4.78, 5) is 2.59. The molecule has 0 aromatic carbocycles. The molecule has 1 saturated heterocycles. The van der Waals surface area contributed by atoms with E-state index in [2.05, 4.69) is 11.9 Å². The quantitative estimate of drug-likeness (QED) is 0.385. The first-order chi connectivity index (χ1) is 5.33. The average molecular weight is 268 g/mol. The molecule has 1 heterocycles. The van der Waals surface area contributed by atoms with Gasteiger partial charge in [0.2, 0.25) is 0 Å². The van der Waals surface area contributed by atoms with Crippen LogP contribution in [-0.4, -0.2) is 32.9 Å². The van der Waals surface area contributed by atoms with Gasteiger partial charge in [0.05, 0.1) is 0 Å². The third-order valence-electron chi connectivity index (χ3n) is 2.53. The zero-order valence-electron chi connectivity index (χ0n) is 7.86. The fourth-order valence-corrected chi connectivity index (χ4v) is 5.22. The molecule has 1 spiro atoms. The zero-order chi connectivity index (χ0) is 8.32. The van der Waals surface area contributed by atoms with Crippen LogP contribution in [0.2, 0.25) is 0 Å². The second kappa shape index (κ2) is 4.08. The molecule has 0 amide bonds. The molecule has 0 bridgehead atoms. The normalized spacial score (nSPS) is 28.3. The molecule has 0 aromatic heterocycles. The van der Waals surface area contributed by atoms with Crippen LogP contribution in [0.5, 0.6) is 0 Å². The van der Waals surface area contributed by atoms with Crippen molar-refractivity contribution in [2.45, 2.75) is 32.2 Å². The number of nitrogens with zero attached hydrogens (tertiary/aromatic N) is 1. The molecule has 1 nitrogen and oxygen atoms in total. The van der Waals surface area contributed by atoms with Crippen LogP contribution in [0.4, 0.5) is 0 Å². The molecule has 2 rings (SSSR count). The van der Waals surface area contributed by atoms with E-state index in [1.54, 1.807) is 4.43 Å². The van der Waals surface area contributed by atoms with Gasteiger partial charge in [0.1, 0.15) is 0 Å². The zero-order valence-corrected chi connectivity index (χ0v) is 10.0. The van der Waals surface area contributed by atoms with E-state index in [1.807, 2.05) is 13.8 Å². The standard InChI is InChI=1S/C7H13IN.C2H6/c1-9-5-4-8-6-7(9)2-3-7;1-2/h2-6H2,1H3;1-2H3/q-1;. The number of alkyl halides is 2. The molecule has 11 heavy (non-hydrogen) atoms. The topological polar surface area (TPSA) is 3.24 Å². The van der Waals surface area contributed by atoms with Crippen LogP contribution in [0, 0.1) is 0 Å². The fourth-order valence-electron chi connectivity index (χ4n) is 1.43. The van der Waals surface area contributed by atoms with Crippen molar-refractivity contribution in [3.8, 4) is 0 Å². The minimum absolute atomic E-state index is 0.619. The molecule has 2 aliphatic rings. The van der Waals surface area contributed by atoms with Crippen LogP contribution in [-0.2, 0) is 0 Å². The number of hydrogen-bond donors (Lipinski definition) is 0. The van der Waals surface area contributed by atoms with Crippen LogP contribution >= 0.6 is 0 Å². The predicted molar refractivity (Wildman–Crippen MR) is 45.7 cm³/mol. The molecule has 0 unspecified atom stereocenters. The second-order valence-electron chi connectivity index (χ2n) is 3.16. The van der Waals surface area contributed by atoms with Gasteiger partial charge in [-0.2, -0.15) is 0 Å². The Hall–Kier alpha value is 0.690. The Bertz CT molecular complexity index is 121. The van der Waals surface area contributed by atoms with Crippen molar-refractivity contribution < 1.29 is 21.2 Å². The predicted octanol–water partition coefficient (Wildman–Crippen LogP) is -1.42. The molecule has 0 atom stereocenters. The summed E-state index contributed by atoms with van der Waals surface area (Å²) < 4.78 is 3.12. The third kappa shape index (κ3) is 2.08. The molecule has 2 fully saturated rings. The van der Waals surface area contributed by atoms with E-state index in [0.29, 0.717) is 21.2 Å². The summed E-state index contributed by atoms with van der Waals surface area (Å²) in [6, 6.07) is 0. The summed E-state index contributed by atoms with van der Waals surface area (Å²) in [6.45, 7) is 5.40. The summed E-state index contributed by atoms with van der Waals surface area (Å²) in [5.41, 5.74) is 0.769. The molecule has 0 N–H and O–H groups in total. The summed E-state index contributed by atoms with van der Waals surface area (Å²) >= 11 is 0.619. The summed E-state index contributed by atoms with van der Waals surface area (Å²) in [7, 11) is 2.30. The van der Waals surface area contributed by atoms with Gasteiger partial charge in [0, 0.05) is 0 Å².